The molecule has 2 aromatic rings. The predicted molar refractivity (Wildman–Crippen MR) is 74.5 cm³/mol. The summed E-state index contributed by atoms with van der Waals surface area (Å²) in [4.78, 5) is 0. The van der Waals surface area contributed by atoms with Crippen molar-refractivity contribution in [3.05, 3.63) is 60.2 Å². The van der Waals surface area contributed by atoms with Crippen molar-refractivity contribution in [3.8, 4) is 11.1 Å². The summed E-state index contributed by atoms with van der Waals surface area (Å²) in [6, 6.07) is 19.3. The van der Waals surface area contributed by atoms with E-state index in [1.54, 1.807) is 0 Å². The maximum Gasteiger partial charge on any atom is 0.00358 e. The summed E-state index contributed by atoms with van der Waals surface area (Å²) in [6.07, 6.45) is 1.15. The molecule has 0 unspecified atom stereocenters. The van der Waals surface area contributed by atoms with E-state index < -0.39 is 0 Å². The molecule has 0 aliphatic rings. The van der Waals surface area contributed by atoms with Gasteiger partial charge in [0.15, 0.2) is 0 Å². The van der Waals surface area contributed by atoms with Crippen LogP contribution in [0.3, 0.4) is 0 Å². The van der Waals surface area contributed by atoms with Gasteiger partial charge in [0.1, 0.15) is 0 Å². The fourth-order valence-electron chi connectivity index (χ4n) is 1.65. The first kappa shape index (κ1) is 10.7. The van der Waals surface area contributed by atoms with E-state index in [2.05, 4.69) is 77.2 Å². The van der Waals surface area contributed by atoms with Crippen molar-refractivity contribution < 1.29 is 0 Å². The topological polar surface area (TPSA) is 0 Å². The largest absolute Gasteiger partial charge is 0.0860 e. The molecule has 1 heteroatoms. The van der Waals surface area contributed by atoms with Crippen molar-refractivity contribution >= 4 is 22.6 Å². The number of rotatable bonds is 3. The summed E-state index contributed by atoms with van der Waals surface area (Å²) in [5.74, 6) is 0. The first-order chi connectivity index (χ1) is 7.40. The summed E-state index contributed by atoms with van der Waals surface area (Å²) in [6.45, 7) is 0. The van der Waals surface area contributed by atoms with Gasteiger partial charge in [-0.3, -0.25) is 0 Å². The van der Waals surface area contributed by atoms with Crippen molar-refractivity contribution in [2.75, 3.05) is 4.43 Å². The van der Waals surface area contributed by atoms with E-state index in [-0.39, 0.29) is 0 Å². The van der Waals surface area contributed by atoms with Gasteiger partial charge in [0, 0.05) is 4.43 Å². The van der Waals surface area contributed by atoms with E-state index in [1.165, 1.54) is 21.1 Å². The Kier molecular flexibility index (Phi) is 3.78. The number of hydrogen-bond donors (Lipinski definition) is 0. The highest BCUT2D eigenvalue weighted by Crippen LogP contribution is 2.20. The number of hydrogen-bond acceptors (Lipinski definition) is 0. The molecule has 15 heavy (non-hydrogen) atoms. The Morgan fingerprint density at radius 3 is 2.27 bits per heavy atom. The van der Waals surface area contributed by atoms with Gasteiger partial charge < -0.3 is 0 Å². The second-order valence-corrected chi connectivity index (χ2v) is 4.58. The Morgan fingerprint density at radius 2 is 1.53 bits per heavy atom. The van der Waals surface area contributed by atoms with Crippen LogP contribution in [-0.2, 0) is 6.42 Å². The minimum absolute atomic E-state index is 1.15. The molecule has 0 bridgehead atoms. The van der Waals surface area contributed by atoms with Crippen LogP contribution in [-0.4, -0.2) is 4.43 Å². The Bertz CT molecular complexity index is 420. The molecule has 0 saturated heterocycles. The first-order valence-corrected chi connectivity index (χ1v) is 6.63. The summed E-state index contributed by atoms with van der Waals surface area (Å²) in [7, 11) is 0. The fraction of sp³-hybridized carbons (Fsp3) is 0.143. The Labute approximate surface area is 104 Å². The zero-order valence-electron chi connectivity index (χ0n) is 8.49. The van der Waals surface area contributed by atoms with Crippen molar-refractivity contribution in [1.82, 2.24) is 0 Å². The maximum atomic E-state index is 2.42. The van der Waals surface area contributed by atoms with Gasteiger partial charge in [-0.1, -0.05) is 77.2 Å². The molecule has 0 heterocycles. The lowest BCUT2D eigenvalue weighted by Gasteiger charge is -2.04. The van der Waals surface area contributed by atoms with Crippen LogP contribution in [0.1, 0.15) is 5.56 Å². The molecule has 0 spiro atoms. The molecule has 0 fully saturated rings. The standard InChI is InChI=1S/C14H13I/c15-10-9-12-5-4-8-14(11-12)13-6-2-1-3-7-13/h1-8,11H,9-10H2. The third-order valence-corrected chi connectivity index (χ3v) is 2.96. The van der Waals surface area contributed by atoms with Crippen LogP contribution >= 0.6 is 22.6 Å². The number of aryl methyl sites for hydroxylation is 1. The van der Waals surface area contributed by atoms with Crippen LogP contribution in [0.25, 0.3) is 11.1 Å². The van der Waals surface area contributed by atoms with E-state index in [9.17, 15) is 0 Å². The van der Waals surface area contributed by atoms with E-state index in [0.717, 1.165) is 6.42 Å². The molecular formula is C14H13I. The minimum atomic E-state index is 1.15. The summed E-state index contributed by atoms with van der Waals surface area (Å²) >= 11 is 2.42. The molecule has 0 amide bonds. The van der Waals surface area contributed by atoms with Crippen LogP contribution in [0, 0.1) is 0 Å². The Balaban J connectivity index is 2.33. The SMILES string of the molecule is ICCc1cccc(-c2ccccc2)c1. The highest BCUT2D eigenvalue weighted by molar-refractivity contribution is 14.1. The van der Waals surface area contributed by atoms with E-state index >= 15 is 0 Å². The van der Waals surface area contributed by atoms with Crippen LogP contribution in [0.15, 0.2) is 54.6 Å². The summed E-state index contributed by atoms with van der Waals surface area (Å²) in [5.41, 5.74) is 4.04. The Morgan fingerprint density at radius 1 is 0.800 bits per heavy atom. The monoisotopic (exact) mass is 308 g/mol. The lowest BCUT2D eigenvalue weighted by Crippen LogP contribution is -1.86. The summed E-state index contributed by atoms with van der Waals surface area (Å²) in [5, 5.41) is 0. The van der Waals surface area contributed by atoms with Gasteiger partial charge >= 0.3 is 0 Å². The smallest absolute Gasteiger partial charge is 0.00358 e. The molecule has 0 N–H and O–H groups in total. The lowest BCUT2D eigenvalue weighted by molar-refractivity contribution is 1.18. The third-order valence-electron chi connectivity index (χ3n) is 2.42. The molecule has 2 aromatic carbocycles. The average molecular weight is 308 g/mol. The maximum absolute atomic E-state index is 2.42. The van der Waals surface area contributed by atoms with Crippen LogP contribution in [0.4, 0.5) is 0 Å². The molecule has 0 saturated carbocycles. The van der Waals surface area contributed by atoms with Crippen molar-refractivity contribution in [2.45, 2.75) is 6.42 Å². The molecule has 0 radical (unpaired) electrons. The zero-order valence-corrected chi connectivity index (χ0v) is 10.6. The van der Waals surface area contributed by atoms with E-state index in [0.29, 0.717) is 0 Å². The molecule has 0 aliphatic heterocycles. The minimum Gasteiger partial charge on any atom is -0.0860 e. The zero-order chi connectivity index (χ0) is 10.5. The third kappa shape index (κ3) is 2.81. The molecule has 0 aromatic heterocycles. The second kappa shape index (κ2) is 5.31. The van der Waals surface area contributed by atoms with Gasteiger partial charge in [0.05, 0.1) is 0 Å². The van der Waals surface area contributed by atoms with Crippen LogP contribution < -0.4 is 0 Å². The normalized spacial score (nSPS) is 10.2. The lowest BCUT2D eigenvalue weighted by atomic mass is 10.0. The average Bonchev–Trinajstić information content (AvgIpc) is 2.31. The van der Waals surface area contributed by atoms with E-state index in [1.807, 2.05) is 0 Å². The van der Waals surface area contributed by atoms with Gasteiger partial charge in [-0.25, -0.2) is 0 Å². The molecule has 0 atom stereocenters. The number of halogens is 1. The van der Waals surface area contributed by atoms with Crippen LogP contribution in [0.5, 0.6) is 0 Å². The van der Waals surface area contributed by atoms with Crippen molar-refractivity contribution in [3.63, 3.8) is 0 Å². The quantitative estimate of drug-likeness (QED) is 0.585. The molecule has 76 valence electrons. The highest BCUT2D eigenvalue weighted by atomic mass is 127. The number of alkyl halides is 1. The Hall–Kier alpha value is -0.830. The highest BCUT2D eigenvalue weighted by Gasteiger charge is 1.97. The van der Waals surface area contributed by atoms with Gasteiger partial charge in [-0.15, -0.1) is 0 Å². The fourth-order valence-corrected chi connectivity index (χ4v) is 2.27. The molecule has 0 nitrogen and oxygen atoms in total. The summed E-state index contributed by atoms with van der Waals surface area (Å²) < 4.78 is 1.18. The van der Waals surface area contributed by atoms with Gasteiger partial charge in [0.2, 0.25) is 0 Å². The van der Waals surface area contributed by atoms with Crippen molar-refractivity contribution in [2.24, 2.45) is 0 Å². The van der Waals surface area contributed by atoms with Crippen LogP contribution in [0.2, 0.25) is 0 Å². The van der Waals surface area contributed by atoms with Gasteiger partial charge in [0.25, 0.3) is 0 Å². The van der Waals surface area contributed by atoms with Gasteiger partial charge in [-0.2, -0.15) is 0 Å². The molecular weight excluding hydrogens is 295 g/mol. The molecule has 0 aliphatic carbocycles. The van der Waals surface area contributed by atoms with E-state index in [4.69, 9.17) is 0 Å². The van der Waals surface area contributed by atoms with Crippen molar-refractivity contribution in [1.29, 1.82) is 0 Å². The number of benzene rings is 2. The predicted octanol–water partition coefficient (Wildman–Crippen LogP) is 4.33. The second-order valence-electron chi connectivity index (χ2n) is 3.51. The molecule has 2 rings (SSSR count). The van der Waals surface area contributed by atoms with Gasteiger partial charge in [-0.05, 0) is 23.1 Å². The first-order valence-electron chi connectivity index (χ1n) is 5.10.